The Morgan fingerprint density at radius 1 is 1.42 bits per heavy atom. The van der Waals surface area contributed by atoms with Crippen LogP contribution in [0.4, 0.5) is 0 Å². The molecule has 0 aliphatic rings. The summed E-state index contributed by atoms with van der Waals surface area (Å²) in [5.41, 5.74) is 1.99. The van der Waals surface area contributed by atoms with Crippen LogP contribution in [0.5, 0.6) is 0 Å². The van der Waals surface area contributed by atoms with E-state index in [-0.39, 0.29) is 0 Å². The highest BCUT2D eigenvalue weighted by Gasteiger charge is 2.06. The summed E-state index contributed by atoms with van der Waals surface area (Å²) in [6.45, 7) is 4.27. The third-order valence-electron chi connectivity index (χ3n) is 2.27. The minimum Gasteiger partial charge on any atom is -0.298 e. The van der Waals surface area contributed by atoms with Gasteiger partial charge < -0.3 is 0 Å². The zero-order chi connectivity index (χ0) is 8.97. The van der Waals surface area contributed by atoms with Crippen LogP contribution in [0.15, 0.2) is 24.3 Å². The summed E-state index contributed by atoms with van der Waals surface area (Å²) in [4.78, 5) is 10.6. The van der Waals surface area contributed by atoms with Gasteiger partial charge in [0.25, 0.3) is 0 Å². The van der Waals surface area contributed by atoms with Gasteiger partial charge in [0.05, 0.1) is 0 Å². The highest BCUT2D eigenvalue weighted by Crippen LogP contribution is 2.20. The van der Waals surface area contributed by atoms with Crippen LogP contribution in [0.2, 0.25) is 0 Å². The molecule has 12 heavy (non-hydrogen) atoms. The van der Waals surface area contributed by atoms with Crippen LogP contribution in [0, 0.1) is 0 Å². The first-order valence-electron chi connectivity index (χ1n) is 4.33. The second kappa shape index (κ2) is 4.05. The van der Waals surface area contributed by atoms with Crippen LogP contribution in [0.3, 0.4) is 0 Å². The van der Waals surface area contributed by atoms with Crippen molar-refractivity contribution in [2.24, 2.45) is 0 Å². The molecule has 1 aromatic rings. The van der Waals surface area contributed by atoms with E-state index in [1.165, 1.54) is 0 Å². The van der Waals surface area contributed by atoms with Crippen molar-refractivity contribution in [3.63, 3.8) is 0 Å². The number of aldehydes is 1. The maximum Gasteiger partial charge on any atom is 0.150 e. The van der Waals surface area contributed by atoms with E-state index in [0.717, 1.165) is 23.8 Å². The van der Waals surface area contributed by atoms with E-state index in [9.17, 15) is 4.79 Å². The fourth-order valence-corrected chi connectivity index (χ4v) is 1.29. The lowest BCUT2D eigenvalue weighted by molar-refractivity contribution is 0.112. The third kappa shape index (κ3) is 1.73. The fraction of sp³-hybridized carbons (Fsp3) is 0.364. The van der Waals surface area contributed by atoms with Crippen LogP contribution in [-0.4, -0.2) is 6.29 Å². The molecule has 0 amide bonds. The molecule has 0 unspecified atom stereocenters. The van der Waals surface area contributed by atoms with Crippen LogP contribution < -0.4 is 0 Å². The summed E-state index contributed by atoms with van der Waals surface area (Å²) >= 11 is 0. The molecule has 1 atom stereocenters. The van der Waals surface area contributed by atoms with Gasteiger partial charge in [0.15, 0.2) is 0 Å². The minimum absolute atomic E-state index is 0.478. The molecule has 0 fully saturated rings. The second-order valence-electron chi connectivity index (χ2n) is 3.06. The lowest BCUT2D eigenvalue weighted by Gasteiger charge is -2.10. The molecule has 0 aliphatic carbocycles. The topological polar surface area (TPSA) is 17.1 Å². The summed E-state index contributed by atoms with van der Waals surface area (Å²) in [6.07, 6.45) is 2.01. The van der Waals surface area contributed by atoms with Crippen molar-refractivity contribution in [3.05, 3.63) is 35.4 Å². The third-order valence-corrected chi connectivity index (χ3v) is 2.27. The molecule has 0 spiro atoms. The Balaban J connectivity index is 3.04. The standard InChI is InChI=1S/C11H14O/c1-3-9(2)11-7-5-4-6-10(11)8-12/h4-9H,3H2,1-2H3/t9-/m1/s1. The Labute approximate surface area is 73.4 Å². The van der Waals surface area contributed by atoms with Crippen LogP contribution in [0.25, 0.3) is 0 Å². The monoisotopic (exact) mass is 162 g/mol. The number of benzene rings is 1. The first kappa shape index (κ1) is 8.98. The summed E-state index contributed by atoms with van der Waals surface area (Å²) in [6, 6.07) is 7.77. The van der Waals surface area contributed by atoms with Crippen molar-refractivity contribution in [1.82, 2.24) is 0 Å². The van der Waals surface area contributed by atoms with Crippen LogP contribution in [0.1, 0.15) is 42.1 Å². The molecule has 0 bridgehead atoms. The Morgan fingerprint density at radius 2 is 2.08 bits per heavy atom. The highest BCUT2D eigenvalue weighted by molar-refractivity contribution is 5.77. The molecule has 0 N–H and O–H groups in total. The van der Waals surface area contributed by atoms with Crippen molar-refractivity contribution in [1.29, 1.82) is 0 Å². The Morgan fingerprint density at radius 3 is 2.67 bits per heavy atom. The number of carbonyl (C=O) groups excluding carboxylic acids is 1. The molecule has 0 saturated heterocycles. The van der Waals surface area contributed by atoms with Crippen molar-refractivity contribution >= 4 is 6.29 Å². The molecule has 0 radical (unpaired) electrons. The highest BCUT2D eigenvalue weighted by atomic mass is 16.1. The molecule has 0 aromatic heterocycles. The number of hydrogen-bond donors (Lipinski definition) is 0. The number of rotatable bonds is 3. The Bertz CT molecular complexity index is 265. The average molecular weight is 162 g/mol. The van der Waals surface area contributed by atoms with Crippen molar-refractivity contribution < 1.29 is 4.79 Å². The van der Waals surface area contributed by atoms with E-state index >= 15 is 0 Å². The molecule has 1 aromatic carbocycles. The molecule has 64 valence electrons. The molecule has 1 nitrogen and oxygen atoms in total. The van der Waals surface area contributed by atoms with Crippen molar-refractivity contribution in [2.75, 3.05) is 0 Å². The summed E-state index contributed by atoms with van der Waals surface area (Å²) in [5, 5.41) is 0. The van der Waals surface area contributed by atoms with Gasteiger partial charge in [-0.1, -0.05) is 38.1 Å². The van der Waals surface area contributed by atoms with Gasteiger partial charge in [-0.2, -0.15) is 0 Å². The molecular weight excluding hydrogens is 148 g/mol. The average Bonchev–Trinajstić information content (AvgIpc) is 2.16. The van der Waals surface area contributed by atoms with Gasteiger partial charge >= 0.3 is 0 Å². The van der Waals surface area contributed by atoms with E-state index in [1.54, 1.807) is 0 Å². The first-order chi connectivity index (χ1) is 5.79. The van der Waals surface area contributed by atoms with Crippen LogP contribution in [-0.2, 0) is 0 Å². The zero-order valence-electron chi connectivity index (χ0n) is 7.58. The second-order valence-corrected chi connectivity index (χ2v) is 3.06. The van der Waals surface area contributed by atoms with Gasteiger partial charge in [-0.3, -0.25) is 4.79 Å². The molecule has 0 aliphatic heterocycles. The van der Waals surface area contributed by atoms with Crippen LogP contribution >= 0.6 is 0 Å². The van der Waals surface area contributed by atoms with Gasteiger partial charge in [0.1, 0.15) is 6.29 Å². The predicted octanol–water partition coefficient (Wildman–Crippen LogP) is 3.01. The van der Waals surface area contributed by atoms with E-state index < -0.39 is 0 Å². The summed E-state index contributed by atoms with van der Waals surface area (Å²) in [5.74, 6) is 0.478. The maximum absolute atomic E-state index is 10.6. The quantitative estimate of drug-likeness (QED) is 0.624. The van der Waals surface area contributed by atoms with Crippen molar-refractivity contribution in [3.8, 4) is 0 Å². The molecule has 1 heteroatoms. The van der Waals surface area contributed by atoms with Gasteiger partial charge in [-0.05, 0) is 17.9 Å². The lowest BCUT2D eigenvalue weighted by Crippen LogP contribution is -1.96. The van der Waals surface area contributed by atoms with E-state index in [1.807, 2.05) is 24.3 Å². The fourth-order valence-electron chi connectivity index (χ4n) is 1.29. The lowest BCUT2D eigenvalue weighted by atomic mass is 9.94. The SMILES string of the molecule is CC[C@@H](C)c1ccccc1C=O. The van der Waals surface area contributed by atoms with Crippen molar-refractivity contribution in [2.45, 2.75) is 26.2 Å². The largest absolute Gasteiger partial charge is 0.298 e. The maximum atomic E-state index is 10.6. The summed E-state index contributed by atoms with van der Waals surface area (Å²) < 4.78 is 0. The summed E-state index contributed by atoms with van der Waals surface area (Å²) in [7, 11) is 0. The molecule has 0 saturated carbocycles. The van der Waals surface area contributed by atoms with Gasteiger partial charge in [0, 0.05) is 5.56 Å². The molecular formula is C11H14O. The van der Waals surface area contributed by atoms with Gasteiger partial charge in [0.2, 0.25) is 0 Å². The normalized spacial score (nSPS) is 12.5. The molecule has 0 heterocycles. The van der Waals surface area contributed by atoms with E-state index in [0.29, 0.717) is 5.92 Å². The molecule has 1 rings (SSSR count). The van der Waals surface area contributed by atoms with E-state index in [2.05, 4.69) is 13.8 Å². The number of hydrogen-bond acceptors (Lipinski definition) is 1. The Kier molecular flexibility index (Phi) is 3.03. The van der Waals surface area contributed by atoms with Gasteiger partial charge in [-0.15, -0.1) is 0 Å². The first-order valence-corrected chi connectivity index (χ1v) is 4.33. The zero-order valence-corrected chi connectivity index (χ0v) is 7.58. The minimum atomic E-state index is 0.478. The predicted molar refractivity (Wildman–Crippen MR) is 50.5 cm³/mol. The van der Waals surface area contributed by atoms with Gasteiger partial charge in [-0.25, -0.2) is 0 Å². The Hall–Kier alpha value is -1.11. The smallest absolute Gasteiger partial charge is 0.150 e. The number of carbonyl (C=O) groups is 1. The van der Waals surface area contributed by atoms with E-state index in [4.69, 9.17) is 0 Å².